The van der Waals surface area contributed by atoms with E-state index in [-0.39, 0.29) is 12.2 Å². The number of rotatable bonds is 6. The molecular formula is C19H19N5O6. The first-order chi connectivity index (χ1) is 14.3. The van der Waals surface area contributed by atoms with E-state index < -0.39 is 47.7 Å². The van der Waals surface area contributed by atoms with Gasteiger partial charge in [0.05, 0.1) is 0 Å². The molecule has 1 aromatic heterocycles. The Morgan fingerprint density at radius 3 is 2.73 bits per heavy atom. The summed E-state index contributed by atoms with van der Waals surface area (Å²) in [6.45, 7) is -0.606. The van der Waals surface area contributed by atoms with Gasteiger partial charge < -0.3 is 31.2 Å². The minimum atomic E-state index is -2.34. The third-order valence-electron chi connectivity index (χ3n) is 4.48. The Kier molecular flexibility index (Phi) is 5.72. The van der Waals surface area contributed by atoms with Crippen LogP contribution in [-0.4, -0.2) is 44.5 Å². The monoisotopic (exact) mass is 413 g/mol. The van der Waals surface area contributed by atoms with Crippen LogP contribution in [0.5, 0.6) is 0 Å². The number of esters is 1. The molecule has 0 fully saturated rings. The van der Waals surface area contributed by atoms with Crippen LogP contribution >= 0.6 is 0 Å². The summed E-state index contributed by atoms with van der Waals surface area (Å²) in [5, 5.41) is 30.1. The predicted octanol–water partition coefficient (Wildman–Crippen LogP) is -0.724. The molecule has 0 bridgehead atoms. The van der Waals surface area contributed by atoms with Crippen molar-refractivity contribution >= 4 is 11.8 Å². The van der Waals surface area contributed by atoms with Gasteiger partial charge in [0.25, 0.3) is 0 Å². The molecule has 0 radical (unpaired) electrons. The van der Waals surface area contributed by atoms with E-state index in [0.29, 0.717) is 4.57 Å². The van der Waals surface area contributed by atoms with E-state index in [1.807, 2.05) is 6.07 Å². The number of nitrogens with zero attached hydrogens (tertiary/aromatic N) is 3. The maximum atomic E-state index is 12.2. The summed E-state index contributed by atoms with van der Waals surface area (Å²) >= 11 is 0. The van der Waals surface area contributed by atoms with Gasteiger partial charge in [-0.3, -0.25) is 4.79 Å². The number of nitrogen functional groups attached to an aromatic ring is 1. The van der Waals surface area contributed by atoms with Crippen LogP contribution in [0.4, 0.5) is 5.82 Å². The van der Waals surface area contributed by atoms with Gasteiger partial charge in [0, 0.05) is 6.20 Å². The smallest absolute Gasteiger partial charge is 0.353 e. The molecular weight excluding hydrogens is 394 g/mol. The Bertz CT molecular complexity index is 1080. The lowest BCUT2D eigenvalue weighted by Gasteiger charge is -2.26. The highest BCUT2D eigenvalue weighted by atomic mass is 16.6. The molecule has 2 aromatic rings. The topological polar surface area (TPSA) is 187 Å². The standard InChI is InChI=1S/C19H19N5O6/c20-10-19(24-7-6-14(22)23-18(24)28)16(26)15(25)13(30-19)9-29-17(27)12(21)8-11-4-2-1-3-5-11/h1-7,12,16,25-26H,8-9,21H2,(H2,22,23,28)/t12-,16?,19-/m1/s1. The van der Waals surface area contributed by atoms with Crippen molar-refractivity contribution in [2.75, 3.05) is 12.3 Å². The second-order valence-corrected chi connectivity index (χ2v) is 6.53. The fourth-order valence-electron chi connectivity index (χ4n) is 2.92. The molecule has 0 saturated carbocycles. The van der Waals surface area contributed by atoms with Crippen LogP contribution in [0.2, 0.25) is 0 Å². The number of anilines is 1. The first kappa shape index (κ1) is 20.8. The third kappa shape index (κ3) is 3.82. The summed E-state index contributed by atoms with van der Waals surface area (Å²) in [7, 11) is 0. The maximum absolute atomic E-state index is 12.2. The fraction of sp³-hybridized carbons (Fsp3) is 0.263. The largest absolute Gasteiger partial charge is 0.506 e. The highest BCUT2D eigenvalue weighted by molar-refractivity contribution is 5.76. The summed E-state index contributed by atoms with van der Waals surface area (Å²) in [6, 6.07) is 10.9. The summed E-state index contributed by atoms with van der Waals surface area (Å²) < 4.78 is 11.1. The second kappa shape index (κ2) is 8.24. The molecule has 11 nitrogen and oxygen atoms in total. The van der Waals surface area contributed by atoms with Crippen molar-refractivity contribution in [1.82, 2.24) is 9.55 Å². The zero-order chi connectivity index (χ0) is 21.9. The number of hydrogen-bond donors (Lipinski definition) is 4. The number of aliphatic hydroxyl groups is 2. The van der Waals surface area contributed by atoms with E-state index in [2.05, 4.69) is 4.98 Å². The molecule has 0 spiro atoms. The van der Waals surface area contributed by atoms with Gasteiger partial charge in [0.15, 0.2) is 24.2 Å². The van der Waals surface area contributed by atoms with Gasteiger partial charge in [-0.25, -0.2) is 9.36 Å². The lowest BCUT2D eigenvalue weighted by atomic mass is 10.1. The van der Waals surface area contributed by atoms with Crippen LogP contribution in [0.15, 0.2) is 58.9 Å². The van der Waals surface area contributed by atoms with Gasteiger partial charge in [0.2, 0.25) is 0 Å². The number of ether oxygens (including phenoxy) is 2. The lowest BCUT2D eigenvalue weighted by Crippen LogP contribution is -2.48. The van der Waals surface area contributed by atoms with Crippen molar-refractivity contribution in [2.24, 2.45) is 5.73 Å². The number of carbonyl (C=O) groups is 1. The van der Waals surface area contributed by atoms with Crippen LogP contribution in [0.3, 0.4) is 0 Å². The van der Waals surface area contributed by atoms with E-state index >= 15 is 0 Å². The molecule has 0 saturated heterocycles. The SMILES string of the molecule is N#C[C@@]1(n2ccc(N)nc2=O)OC(COC(=O)[C@H](N)Cc2ccccc2)=C(O)C1O. The Morgan fingerprint density at radius 2 is 2.10 bits per heavy atom. The Morgan fingerprint density at radius 1 is 1.40 bits per heavy atom. The number of nitriles is 1. The molecule has 3 rings (SSSR count). The molecule has 1 unspecified atom stereocenters. The van der Waals surface area contributed by atoms with Crippen LogP contribution in [0.1, 0.15) is 5.56 Å². The van der Waals surface area contributed by atoms with Gasteiger partial charge in [-0.2, -0.15) is 10.2 Å². The number of carbonyl (C=O) groups excluding carboxylic acids is 1. The molecule has 1 aliphatic rings. The van der Waals surface area contributed by atoms with Gasteiger partial charge >= 0.3 is 17.4 Å². The molecule has 156 valence electrons. The zero-order valence-corrected chi connectivity index (χ0v) is 15.6. The summed E-state index contributed by atoms with van der Waals surface area (Å²) in [5.74, 6) is -2.04. The van der Waals surface area contributed by atoms with Gasteiger partial charge in [-0.05, 0) is 18.1 Å². The first-order valence-electron chi connectivity index (χ1n) is 8.80. The maximum Gasteiger partial charge on any atom is 0.353 e. The Hall–Kier alpha value is -3.88. The number of nitrogens with two attached hydrogens (primary N) is 2. The van der Waals surface area contributed by atoms with Crippen LogP contribution in [0, 0.1) is 11.3 Å². The van der Waals surface area contributed by atoms with E-state index in [4.69, 9.17) is 20.9 Å². The van der Waals surface area contributed by atoms with Crippen molar-refractivity contribution in [3.05, 3.63) is 70.2 Å². The van der Waals surface area contributed by atoms with Gasteiger partial charge in [0.1, 0.15) is 17.9 Å². The molecule has 30 heavy (non-hydrogen) atoms. The van der Waals surface area contributed by atoms with Crippen molar-refractivity contribution in [3.63, 3.8) is 0 Å². The first-order valence-corrected chi connectivity index (χ1v) is 8.80. The minimum Gasteiger partial charge on any atom is -0.506 e. The Labute approximate surface area is 170 Å². The molecule has 0 amide bonds. The van der Waals surface area contributed by atoms with E-state index in [1.54, 1.807) is 30.3 Å². The van der Waals surface area contributed by atoms with E-state index in [1.165, 1.54) is 6.07 Å². The lowest BCUT2D eigenvalue weighted by molar-refractivity contribution is -0.146. The van der Waals surface area contributed by atoms with Crippen molar-refractivity contribution in [2.45, 2.75) is 24.3 Å². The minimum absolute atomic E-state index is 0.101. The molecule has 11 heteroatoms. The third-order valence-corrected chi connectivity index (χ3v) is 4.48. The average Bonchev–Trinajstić information content (AvgIpc) is 2.98. The molecule has 2 heterocycles. The van der Waals surface area contributed by atoms with Crippen LogP contribution in [-0.2, 0) is 26.4 Å². The highest BCUT2D eigenvalue weighted by Gasteiger charge is 2.53. The fourth-order valence-corrected chi connectivity index (χ4v) is 2.92. The number of benzene rings is 1. The van der Waals surface area contributed by atoms with Crippen LogP contribution in [0.25, 0.3) is 0 Å². The highest BCUT2D eigenvalue weighted by Crippen LogP contribution is 2.36. The second-order valence-electron chi connectivity index (χ2n) is 6.53. The summed E-state index contributed by atoms with van der Waals surface area (Å²) in [6.07, 6.45) is -0.616. The van der Waals surface area contributed by atoms with Crippen molar-refractivity contribution < 1.29 is 24.5 Å². The predicted molar refractivity (Wildman–Crippen MR) is 102 cm³/mol. The van der Waals surface area contributed by atoms with Crippen molar-refractivity contribution in [3.8, 4) is 6.07 Å². The summed E-state index contributed by atoms with van der Waals surface area (Å²) in [5.41, 5.74) is 8.78. The van der Waals surface area contributed by atoms with Crippen molar-refractivity contribution in [1.29, 1.82) is 5.26 Å². The summed E-state index contributed by atoms with van der Waals surface area (Å²) in [4.78, 5) is 27.8. The molecule has 3 atom stereocenters. The van der Waals surface area contributed by atoms with Gasteiger partial charge in [-0.1, -0.05) is 30.3 Å². The number of hydrogen-bond acceptors (Lipinski definition) is 10. The normalized spacial score (nSPS) is 21.6. The number of aromatic nitrogens is 2. The quantitative estimate of drug-likeness (QED) is 0.440. The molecule has 0 aliphatic carbocycles. The zero-order valence-electron chi connectivity index (χ0n) is 15.6. The van der Waals surface area contributed by atoms with Crippen LogP contribution < -0.4 is 17.2 Å². The molecule has 6 N–H and O–H groups in total. The molecule has 1 aliphatic heterocycles. The van der Waals surface area contributed by atoms with E-state index in [9.17, 15) is 25.1 Å². The number of aliphatic hydroxyl groups excluding tert-OH is 2. The van der Waals surface area contributed by atoms with Gasteiger partial charge in [-0.15, -0.1) is 0 Å². The molecule has 1 aromatic carbocycles. The average molecular weight is 413 g/mol. The van der Waals surface area contributed by atoms with E-state index in [0.717, 1.165) is 11.8 Å². The Balaban J connectivity index is 1.72.